The van der Waals surface area contributed by atoms with Crippen LogP contribution in [0.4, 0.5) is 4.39 Å². The van der Waals surface area contributed by atoms with Crippen molar-refractivity contribution in [2.45, 2.75) is 13.0 Å². The van der Waals surface area contributed by atoms with Crippen LogP contribution in [0.5, 0.6) is 0 Å². The molecule has 0 unspecified atom stereocenters. The van der Waals surface area contributed by atoms with Crippen LogP contribution in [-0.2, 0) is 11.4 Å². The normalized spacial score (nSPS) is 10.8. The number of nitrogens with two attached hydrogens (primary N) is 1. The summed E-state index contributed by atoms with van der Waals surface area (Å²) in [5, 5.41) is 8.82. The van der Waals surface area contributed by atoms with E-state index >= 15 is 0 Å². The Hall–Kier alpha value is -1.68. The average molecular weight is 209 g/mol. The third kappa shape index (κ3) is 3.18. The van der Waals surface area contributed by atoms with E-state index in [0.717, 1.165) is 0 Å². The predicted octanol–water partition coefficient (Wildman–Crippen LogP) is 1.21. The van der Waals surface area contributed by atoms with Crippen molar-refractivity contribution in [3.63, 3.8) is 0 Å². The number of hydrogen-bond acceptors (Lipinski definition) is 2. The number of rotatable bonds is 4. The molecule has 0 aliphatic carbocycles. The van der Waals surface area contributed by atoms with Gasteiger partial charge in [-0.05, 0) is 0 Å². The van der Waals surface area contributed by atoms with Gasteiger partial charge in [-0.2, -0.15) is 0 Å². The van der Waals surface area contributed by atoms with E-state index in [4.69, 9.17) is 10.8 Å². The number of carbonyl (C=O) groups is 1. The summed E-state index contributed by atoms with van der Waals surface area (Å²) in [7, 11) is 0. The van der Waals surface area contributed by atoms with Gasteiger partial charge in [0.25, 0.3) is 0 Å². The molecule has 15 heavy (non-hydrogen) atoms. The molecule has 0 fully saturated rings. The van der Waals surface area contributed by atoms with E-state index in [-0.39, 0.29) is 18.6 Å². The minimum atomic E-state index is -0.472. The lowest BCUT2D eigenvalue weighted by molar-refractivity contribution is -0.117. The van der Waals surface area contributed by atoms with E-state index < -0.39 is 11.7 Å². The molecule has 0 saturated carbocycles. The van der Waals surface area contributed by atoms with Crippen LogP contribution in [0.2, 0.25) is 0 Å². The van der Waals surface area contributed by atoms with E-state index in [1.165, 1.54) is 18.2 Å². The molecule has 0 saturated heterocycles. The second-order valence-corrected chi connectivity index (χ2v) is 3.05. The highest BCUT2D eigenvalue weighted by atomic mass is 19.1. The van der Waals surface area contributed by atoms with Crippen molar-refractivity contribution in [1.82, 2.24) is 0 Å². The van der Waals surface area contributed by atoms with Crippen molar-refractivity contribution in [2.75, 3.05) is 0 Å². The summed E-state index contributed by atoms with van der Waals surface area (Å²) in [6.07, 6.45) is 3.03. The highest BCUT2D eigenvalue weighted by molar-refractivity contribution is 5.76. The van der Waals surface area contributed by atoms with Gasteiger partial charge in [0.2, 0.25) is 5.91 Å². The number of amides is 1. The van der Waals surface area contributed by atoms with Gasteiger partial charge in [0, 0.05) is 17.5 Å². The Kier molecular flexibility index (Phi) is 4.00. The fraction of sp³-hybridized carbons (Fsp3) is 0.182. The molecule has 0 atom stereocenters. The van der Waals surface area contributed by atoms with E-state index in [2.05, 4.69) is 0 Å². The van der Waals surface area contributed by atoms with Crippen LogP contribution >= 0.6 is 0 Å². The molecule has 0 radical (unpaired) electrons. The molecule has 0 aromatic heterocycles. The fourth-order valence-electron chi connectivity index (χ4n) is 1.15. The molecule has 1 aromatic carbocycles. The van der Waals surface area contributed by atoms with Crippen molar-refractivity contribution in [3.05, 3.63) is 41.2 Å². The summed E-state index contributed by atoms with van der Waals surface area (Å²) in [6, 6.07) is 4.70. The lowest BCUT2D eigenvalue weighted by Crippen LogP contribution is -2.07. The lowest BCUT2D eigenvalue weighted by Gasteiger charge is -2.01. The molecule has 80 valence electrons. The largest absolute Gasteiger partial charge is 0.392 e. The standard InChI is InChI=1S/C11H12FNO2/c12-11-8(4-2-6-10(13)15)3-1-5-9(11)7-14/h1-5,14H,6-7H2,(H2,13,15). The van der Waals surface area contributed by atoms with Gasteiger partial charge in [0.05, 0.1) is 6.61 Å². The van der Waals surface area contributed by atoms with Gasteiger partial charge in [-0.15, -0.1) is 0 Å². The molecule has 1 amide bonds. The van der Waals surface area contributed by atoms with Crippen LogP contribution in [0.1, 0.15) is 17.5 Å². The lowest BCUT2D eigenvalue weighted by atomic mass is 10.1. The summed E-state index contributed by atoms with van der Waals surface area (Å²) in [6.45, 7) is -0.344. The Morgan fingerprint density at radius 2 is 2.27 bits per heavy atom. The first kappa shape index (κ1) is 11.4. The maximum Gasteiger partial charge on any atom is 0.221 e. The summed E-state index contributed by atoms with van der Waals surface area (Å²) in [4.78, 5) is 10.4. The van der Waals surface area contributed by atoms with Gasteiger partial charge < -0.3 is 10.8 Å². The number of aliphatic hydroxyl groups excluding tert-OH is 1. The van der Waals surface area contributed by atoms with Crippen LogP contribution in [0.3, 0.4) is 0 Å². The quantitative estimate of drug-likeness (QED) is 0.782. The first-order valence-corrected chi connectivity index (χ1v) is 4.48. The van der Waals surface area contributed by atoms with E-state index in [1.807, 2.05) is 0 Å². The summed E-state index contributed by atoms with van der Waals surface area (Å²) in [5.74, 6) is -0.939. The zero-order chi connectivity index (χ0) is 11.3. The van der Waals surface area contributed by atoms with Crippen LogP contribution in [-0.4, -0.2) is 11.0 Å². The number of hydrogen-bond donors (Lipinski definition) is 2. The molecule has 0 spiro atoms. The second-order valence-electron chi connectivity index (χ2n) is 3.05. The van der Waals surface area contributed by atoms with Gasteiger partial charge in [0.1, 0.15) is 5.82 Å². The van der Waals surface area contributed by atoms with E-state index in [1.54, 1.807) is 12.1 Å². The number of halogens is 1. The monoisotopic (exact) mass is 209 g/mol. The highest BCUT2D eigenvalue weighted by Gasteiger charge is 2.03. The maximum absolute atomic E-state index is 13.5. The molecule has 3 N–H and O–H groups in total. The number of primary amides is 1. The summed E-state index contributed by atoms with van der Waals surface area (Å²) < 4.78 is 13.5. The maximum atomic E-state index is 13.5. The molecule has 0 aliphatic rings. The topological polar surface area (TPSA) is 63.3 Å². The minimum absolute atomic E-state index is 0.0722. The average Bonchev–Trinajstić information content (AvgIpc) is 2.20. The predicted molar refractivity (Wildman–Crippen MR) is 55.2 cm³/mol. The minimum Gasteiger partial charge on any atom is -0.392 e. The number of aliphatic hydroxyl groups is 1. The van der Waals surface area contributed by atoms with Crippen molar-refractivity contribution in [3.8, 4) is 0 Å². The number of carbonyl (C=O) groups excluding carboxylic acids is 1. The fourth-order valence-corrected chi connectivity index (χ4v) is 1.15. The van der Waals surface area contributed by atoms with E-state index in [9.17, 15) is 9.18 Å². The number of benzene rings is 1. The Morgan fingerprint density at radius 3 is 2.87 bits per heavy atom. The molecular weight excluding hydrogens is 197 g/mol. The molecule has 3 nitrogen and oxygen atoms in total. The van der Waals surface area contributed by atoms with Crippen molar-refractivity contribution < 1.29 is 14.3 Å². The van der Waals surface area contributed by atoms with Gasteiger partial charge >= 0.3 is 0 Å². The third-order valence-corrected chi connectivity index (χ3v) is 1.90. The van der Waals surface area contributed by atoms with Gasteiger partial charge in [-0.1, -0.05) is 30.4 Å². The van der Waals surface area contributed by atoms with E-state index in [0.29, 0.717) is 5.56 Å². The first-order chi connectivity index (χ1) is 7.15. The second kappa shape index (κ2) is 5.26. The molecule has 4 heteroatoms. The van der Waals surface area contributed by atoms with Gasteiger partial charge in [-0.3, -0.25) is 4.79 Å². The smallest absolute Gasteiger partial charge is 0.221 e. The van der Waals surface area contributed by atoms with Crippen molar-refractivity contribution in [2.24, 2.45) is 5.73 Å². The zero-order valence-corrected chi connectivity index (χ0v) is 8.11. The Bertz CT molecular complexity index is 388. The highest BCUT2D eigenvalue weighted by Crippen LogP contribution is 2.14. The van der Waals surface area contributed by atoms with Crippen LogP contribution in [0, 0.1) is 5.82 Å². The Labute approximate surface area is 87.0 Å². The molecular formula is C11H12FNO2. The van der Waals surface area contributed by atoms with Crippen LogP contribution in [0.15, 0.2) is 24.3 Å². The van der Waals surface area contributed by atoms with Gasteiger partial charge in [0.15, 0.2) is 0 Å². The SMILES string of the molecule is NC(=O)CC=Cc1cccc(CO)c1F. The molecule has 0 heterocycles. The molecule has 0 bridgehead atoms. The zero-order valence-electron chi connectivity index (χ0n) is 8.11. The van der Waals surface area contributed by atoms with Crippen molar-refractivity contribution >= 4 is 12.0 Å². The molecule has 1 aromatic rings. The van der Waals surface area contributed by atoms with Crippen molar-refractivity contribution in [1.29, 1.82) is 0 Å². The summed E-state index contributed by atoms with van der Waals surface area (Å²) in [5.41, 5.74) is 5.50. The van der Waals surface area contributed by atoms with Crippen LogP contribution in [0.25, 0.3) is 6.08 Å². The van der Waals surface area contributed by atoms with Crippen LogP contribution < -0.4 is 5.73 Å². The Morgan fingerprint density at radius 1 is 1.53 bits per heavy atom. The first-order valence-electron chi connectivity index (χ1n) is 4.48. The van der Waals surface area contributed by atoms with Gasteiger partial charge in [-0.25, -0.2) is 4.39 Å². The summed E-state index contributed by atoms with van der Waals surface area (Å²) >= 11 is 0. The molecule has 0 aliphatic heterocycles. The molecule has 1 rings (SSSR count). The third-order valence-electron chi connectivity index (χ3n) is 1.90. The Balaban J connectivity index is 2.85.